The minimum Gasteiger partial charge on any atom is -0.187 e. The average molecular weight is 385 g/mol. The van der Waals surface area contributed by atoms with E-state index in [0.29, 0.717) is 0 Å². The van der Waals surface area contributed by atoms with Crippen LogP contribution in [0.15, 0.2) is 60.7 Å². The maximum Gasteiger partial charge on any atom is 0.290 e. The first kappa shape index (κ1) is 34.5. The van der Waals surface area contributed by atoms with E-state index in [2.05, 4.69) is 44.1 Å². The summed E-state index contributed by atoms with van der Waals surface area (Å²) in [5.41, 5.74) is 2.07. The van der Waals surface area contributed by atoms with Crippen LogP contribution in [0.2, 0.25) is 0 Å². The van der Waals surface area contributed by atoms with Crippen molar-refractivity contribution in [1.82, 2.24) is 4.67 Å². The second-order valence-corrected chi connectivity index (χ2v) is 3.15. The minimum absolute atomic E-state index is 0. The van der Waals surface area contributed by atoms with Gasteiger partial charge in [-0.2, -0.15) is 4.67 Å². The fourth-order valence-electron chi connectivity index (χ4n) is 1.23. The third-order valence-electron chi connectivity index (χ3n) is 1.98. The van der Waals surface area contributed by atoms with Crippen molar-refractivity contribution in [3.63, 3.8) is 0 Å². The molecule has 0 heterocycles. The van der Waals surface area contributed by atoms with Gasteiger partial charge in [0.1, 0.15) is 0 Å². The zero-order chi connectivity index (χ0) is 20.3. The largest absolute Gasteiger partial charge is 0.290 e. The summed E-state index contributed by atoms with van der Waals surface area (Å²) in [5.74, 6) is 0. The number of rotatable bonds is 2. The third-order valence-corrected chi connectivity index (χ3v) is 1.98. The Kier molecular flexibility index (Phi) is 50.3. The molecule has 6 nitrogen and oxygen atoms in total. The Bertz CT molecular complexity index is 604. The molecule has 0 aromatic heterocycles. The van der Waals surface area contributed by atoms with Gasteiger partial charge >= 0.3 is 56.5 Å². The standard InChI is InChI=1S/C14H11N.5CO.Cr/c1-3-7-13(8-4-1)11-15-12-14-9-5-2-6-10-14;5*1-2;/h1-11H;;;;;;. The molecule has 0 atom stereocenters. The van der Waals surface area contributed by atoms with Gasteiger partial charge in [0.05, 0.1) is 0 Å². The molecule has 0 bridgehead atoms. The van der Waals surface area contributed by atoms with Crippen LogP contribution in [0.25, 0.3) is 0 Å². The van der Waals surface area contributed by atoms with Crippen molar-refractivity contribution in [2.24, 2.45) is 0 Å². The predicted octanol–water partition coefficient (Wildman–Crippen LogP) is 1.98. The molecule has 2 aromatic rings. The second-order valence-electron chi connectivity index (χ2n) is 3.15. The summed E-state index contributed by atoms with van der Waals surface area (Å²) in [7, 11) is 0. The monoisotopic (exact) mass is 385 g/mol. The van der Waals surface area contributed by atoms with Crippen molar-refractivity contribution < 1.29 is 40.6 Å². The molecular formula is C19H11CrNO5. The summed E-state index contributed by atoms with van der Waals surface area (Å²) in [5, 5.41) is 0. The van der Waals surface area contributed by atoms with E-state index >= 15 is 0 Å². The van der Waals surface area contributed by atoms with Crippen LogP contribution in [-0.4, -0.2) is 12.4 Å². The molecule has 26 heavy (non-hydrogen) atoms. The summed E-state index contributed by atoms with van der Waals surface area (Å²) in [6.07, 6.45) is 4.76. The Morgan fingerprint density at radius 1 is 0.615 bits per heavy atom. The van der Waals surface area contributed by atoms with Crippen LogP contribution < -0.4 is 4.67 Å². The normalized spacial score (nSPS) is 5.62. The molecule has 128 valence electrons. The van der Waals surface area contributed by atoms with E-state index in [1.54, 1.807) is 6.21 Å². The average Bonchev–Trinajstić information content (AvgIpc) is 2.77. The molecule has 0 aliphatic rings. The molecule has 0 amide bonds. The molecule has 0 aliphatic heterocycles. The van der Waals surface area contributed by atoms with Gasteiger partial charge in [-0.1, -0.05) is 42.0 Å². The molecule has 0 aliphatic carbocycles. The molecule has 7 heteroatoms. The van der Waals surface area contributed by atoms with E-state index in [4.69, 9.17) is 23.3 Å². The first-order valence-electron chi connectivity index (χ1n) is 5.86. The van der Waals surface area contributed by atoms with Crippen molar-refractivity contribution in [1.29, 1.82) is 0 Å². The Balaban J connectivity index is -0.000000116. The molecule has 0 unspecified atom stereocenters. The van der Waals surface area contributed by atoms with Crippen LogP contribution in [0.4, 0.5) is 0 Å². The Morgan fingerprint density at radius 3 is 1.35 bits per heavy atom. The molecule has 0 N–H and O–H groups in total. The number of nitrogens with zero attached hydrogens (tertiary/aromatic N) is 1. The summed E-state index contributed by atoms with van der Waals surface area (Å²) in [6.45, 7) is 22.5. The number of hydrogen-bond acceptors (Lipinski definition) is 0. The smallest absolute Gasteiger partial charge is 0.187 e. The molecule has 2 aromatic carbocycles. The predicted molar refractivity (Wildman–Crippen MR) is 83.9 cm³/mol. The van der Waals surface area contributed by atoms with Gasteiger partial charge in [0.2, 0.25) is 6.21 Å². The van der Waals surface area contributed by atoms with Gasteiger partial charge in [0, 0.05) is 22.9 Å². The Hall–Kier alpha value is -2.88. The fourth-order valence-corrected chi connectivity index (χ4v) is 1.23. The van der Waals surface area contributed by atoms with Crippen molar-refractivity contribution >= 4 is 12.4 Å². The van der Waals surface area contributed by atoms with Crippen molar-refractivity contribution in [2.45, 2.75) is 0 Å². The Morgan fingerprint density at radius 2 is 0.962 bits per heavy atom. The van der Waals surface area contributed by atoms with Gasteiger partial charge in [-0.3, -0.25) is 0 Å². The maximum atomic E-state index is 7.50. The minimum atomic E-state index is 0. The number of hydrogen-bond donors (Lipinski definition) is 0. The van der Waals surface area contributed by atoms with Crippen LogP contribution in [0.3, 0.4) is 0 Å². The first-order chi connectivity index (χ1) is 12.4. The van der Waals surface area contributed by atoms with Crippen LogP contribution in [0.5, 0.6) is 0 Å². The van der Waals surface area contributed by atoms with E-state index in [-0.39, 0.29) is 17.4 Å². The summed E-state index contributed by atoms with van der Waals surface area (Å²) < 4.78 is 41.6. The second kappa shape index (κ2) is 38.0. The molecule has 0 spiro atoms. The van der Waals surface area contributed by atoms with Gasteiger partial charge in [-0.05, 0) is 0 Å². The van der Waals surface area contributed by atoms with E-state index in [0.717, 1.165) is 11.1 Å². The maximum absolute atomic E-state index is 7.50. The van der Waals surface area contributed by atoms with Crippen molar-refractivity contribution in [3.8, 4) is 0 Å². The molecule has 2 rings (SSSR count). The first-order valence-corrected chi connectivity index (χ1v) is 5.86. The van der Waals surface area contributed by atoms with Gasteiger partial charge in [0.15, 0.2) is 0 Å². The zero-order valence-electron chi connectivity index (χ0n) is 13.2. The Labute approximate surface area is 163 Å². The van der Waals surface area contributed by atoms with Gasteiger partial charge < -0.3 is 0 Å². The van der Waals surface area contributed by atoms with Gasteiger partial charge in [-0.15, -0.1) is 24.3 Å². The van der Waals surface area contributed by atoms with E-state index in [1.807, 2.05) is 60.7 Å². The van der Waals surface area contributed by atoms with Gasteiger partial charge in [-0.25, -0.2) is 0 Å². The van der Waals surface area contributed by atoms with Gasteiger partial charge in [0.25, 0.3) is 6.21 Å². The molecule has 0 fully saturated rings. The van der Waals surface area contributed by atoms with Crippen molar-refractivity contribution in [2.75, 3.05) is 0 Å². The summed E-state index contributed by atoms with van der Waals surface area (Å²) in [6, 6.07) is 19.9. The quantitative estimate of drug-likeness (QED) is 0.326. The number of benzene rings is 2. The van der Waals surface area contributed by atoms with Crippen LogP contribution >= 0.6 is 0 Å². The molecule has 0 radical (unpaired) electrons. The zero-order valence-corrected chi connectivity index (χ0v) is 14.5. The van der Waals surface area contributed by atoms with E-state index in [9.17, 15) is 0 Å². The van der Waals surface area contributed by atoms with Crippen LogP contribution in [-0.2, 0) is 40.6 Å². The van der Waals surface area contributed by atoms with Crippen LogP contribution in [0.1, 0.15) is 11.1 Å². The summed E-state index contributed by atoms with van der Waals surface area (Å²) in [4.78, 5) is 0. The molecular weight excluding hydrogens is 374 g/mol. The molecule has 0 saturated heterocycles. The van der Waals surface area contributed by atoms with Crippen LogP contribution in [0, 0.1) is 33.3 Å². The molecule has 0 saturated carbocycles. The third kappa shape index (κ3) is 23.4. The van der Waals surface area contributed by atoms with Crippen molar-refractivity contribution in [3.05, 3.63) is 105 Å². The fraction of sp³-hybridized carbons (Fsp3) is 0. The van der Waals surface area contributed by atoms with E-state index < -0.39 is 0 Å². The van der Waals surface area contributed by atoms with E-state index in [1.165, 1.54) is 0 Å². The SMILES string of the molecule is [C-]#[O+].[C-]#[O+].[C-]#[O+].[C-]#[O+].[C-]#[O+].[C-](=[N+]=Cc1ccccc1)c1ccccc1.[Cr]. The topological polar surface area (TPSA) is 114 Å². The summed E-state index contributed by atoms with van der Waals surface area (Å²) >= 11 is 0.